The Balaban J connectivity index is 2.46. The number of hydrogen-bond donors (Lipinski definition) is 0. The highest BCUT2D eigenvalue weighted by Gasteiger charge is 2.09. The zero-order valence-corrected chi connectivity index (χ0v) is 18.0. The van der Waals surface area contributed by atoms with Crippen LogP contribution in [-0.2, 0) is 0 Å². The van der Waals surface area contributed by atoms with Crippen LogP contribution in [0.25, 0.3) is 6.08 Å². The molecular formula is C24H24N2O4. The van der Waals surface area contributed by atoms with Crippen molar-refractivity contribution in [1.29, 1.82) is 0 Å². The highest BCUT2D eigenvalue weighted by molar-refractivity contribution is 5.71. The molecule has 2 aromatic carbocycles. The molecule has 0 aliphatic heterocycles. The molecule has 0 N–H and O–H groups in total. The lowest BCUT2D eigenvalue weighted by molar-refractivity contribution is 0.400. The topological polar surface area (TPSA) is 61.6 Å². The summed E-state index contributed by atoms with van der Waals surface area (Å²) in [7, 11) is 6.37. The minimum absolute atomic E-state index is 0.532. The van der Waals surface area contributed by atoms with Gasteiger partial charge in [-0.2, -0.15) is 4.99 Å². The molecule has 0 atom stereocenters. The van der Waals surface area contributed by atoms with E-state index in [9.17, 15) is 0 Å². The van der Waals surface area contributed by atoms with Crippen molar-refractivity contribution in [3.05, 3.63) is 46.7 Å². The van der Waals surface area contributed by atoms with Gasteiger partial charge in [-0.3, -0.25) is 0 Å². The van der Waals surface area contributed by atoms with Gasteiger partial charge in [0.25, 0.3) is 0 Å². The number of methoxy groups -OCH3 is 4. The van der Waals surface area contributed by atoms with Gasteiger partial charge in [0.2, 0.25) is 0 Å². The van der Waals surface area contributed by atoms with Crippen molar-refractivity contribution in [2.45, 2.75) is 13.8 Å². The van der Waals surface area contributed by atoms with Crippen LogP contribution in [-0.4, -0.2) is 40.5 Å². The van der Waals surface area contributed by atoms with Gasteiger partial charge >= 0.3 is 0 Å². The Kier molecular flexibility index (Phi) is 8.35. The van der Waals surface area contributed by atoms with Crippen molar-refractivity contribution in [1.82, 2.24) is 0 Å². The first-order chi connectivity index (χ1) is 14.6. The second-order valence-electron chi connectivity index (χ2n) is 5.92. The fraction of sp³-hybridized carbons (Fsp3) is 0.250. The third-order valence-electron chi connectivity index (χ3n) is 4.10. The van der Waals surface area contributed by atoms with Crippen molar-refractivity contribution in [2.24, 2.45) is 9.98 Å². The number of nitrogens with zero attached hydrogens (tertiary/aromatic N) is 2. The van der Waals surface area contributed by atoms with Crippen LogP contribution in [0.15, 0.2) is 40.0 Å². The van der Waals surface area contributed by atoms with Crippen molar-refractivity contribution < 1.29 is 18.9 Å². The smallest absolute Gasteiger partial charge is 0.146 e. The third-order valence-corrected chi connectivity index (χ3v) is 4.10. The SMILES string of the molecule is CC=NC#Cc1cc(OC)c(N=C=C=Cc2cc(OC)c(C)cc2OC)cc1OC. The molecule has 0 aromatic heterocycles. The number of rotatable bonds is 6. The Hall–Kier alpha value is -3.90. The molecule has 0 spiro atoms. The maximum atomic E-state index is 5.42. The summed E-state index contributed by atoms with van der Waals surface area (Å²) in [6.45, 7) is 3.75. The summed E-state index contributed by atoms with van der Waals surface area (Å²) in [5.74, 6) is 8.26. The van der Waals surface area contributed by atoms with Crippen LogP contribution in [0.5, 0.6) is 23.0 Å². The number of ether oxygens (including phenoxy) is 4. The largest absolute Gasteiger partial charge is 0.496 e. The maximum absolute atomic E-state index is 5.42. The normalized spacial score (nSPS) is 9.67. The molecule has 30 heavy (non-hydrogen) atoms. The van der Waals surface area contributed by atoms with Crippen LogP contribution in [0, 0.1) is 18.9 Å². The van der Waals surface area contributed by atoms with Gasteiger partial charge in [0.1, 0.15) is 28.7 Å². The van der Waals surface area contributed by atoms with Crippen LogP contribution in [0.1, 0.15) is 23.6 Å². The highest BCUT2D eigenvalue weighted by atomic mass is 16.5. The average molecular weight is 404 g/mol. The van der Waals surface area contributed by atoms with Gasteiger partial charge in [-0.15, -0.1) is 0 Å². The lowest BCUT2D eigenvalue weighted by Gasteiger charge is -2.09. The first-order valence-corrected chi connectivity index (χ1v) is 9.09. The molecule has 0 bridgehead atoms. The van der Waals surface area contributed by atoms with Crippen LogP contribution in [0.4, 0.5) is 5.69 Å². The van der Waals surface area contributed by atoms with Gasteiger partial charge in [0, 0.05) is 41.9 Å². The standard InChI is InChI=1S/C24H24N2O4/c1-7-25-12-10-19-15-24(30-6)20(16-23(19)29-5)26-11-8-9-18-14-21(27-3)17(2)13-22(18)28-4/h7,9,13-16H,1-6H3. The fourth-order valence-electron chi connectivity index (χ4n) is 2.61. The molecular weight excluding hydrogens is 380 g/mol. The molecule has 0 aliphatic carbocycles. The van der Waals surface area contributed by atoms with E-state index >= 15 is 0 Å². The number of aryl methyl sites for hydroxylation is 1. The van der Waals surface area contributed by atoms with E-state index in [1.165, 1.54) is 0 Å². The highest BCUT2D eigenvalue weighted by Crippen LogP contribution is 2.34. The molecule has 0 saturated carbocycles. The Morgan fingerprint density at radius 3 is 2.17 bits per heavy atom. The average Bonchev–Trinajstić information content (AvgIpc) is 2.77. The summed E-state index contributed by atoms with van der Waals surface area (Å²) in [6, 6.07) is 9.94. The van der Waals surface area contributed by atoms with Gasteiger partial charge in [0.05, 0.1) is 34.0 Å². The summed E-state index contributed by atoms with van der Waals surface area (Å²) in [6.07, 6.45) is 3.34. The van der Waals surface area contributed by atoms with Crippen molar-refractivity contribution in [2.75, 3.05) is 28.4 Å². The fourth-order valence-corrected chi connectivity index (χ4v) is 2.61. The Morgan fingerprint density at radius 2 is 1.53 bits per heavy atom. The van der Waals surface area contributed by atoms with Crippen molar-refractivity contribution in [3.8, 4) is 35.0 Å². The summed E-state index contributed by atoms with van der Waals surface area (Å²) in [4.78, 5) is 8.20. The van der Waals surface area contributed by atoms with Gasteiger partial charge < -0.3 is 18.9 Å². The van der Waals surface area contributed by atoms with Gasteiger partial charge in [-0.25, -0.2) is 4.99 Å². The molecule has 154 valence electrons. The molecule has 0 aliphatic rings. The molecule has 0 unspecified atom stereocenters. The zero-order chi connectivity index (χ0) is 21.9. The van der Waals surface area contributed by atoms with E-state index in [2.05, 4.69) is 33.6 Å². The minimum atomic E-state index is 0.532. The molecule has 0 amide bonds. The monoisotopic (exact) mass is 404 g/mol. The first-order valence-electron chi connectivity index (χ1n) is 9.09. The van der Waals surface area contributed by atoms with Crippen LogP contribution in [0.2, 0.25) is 0 Å². The van der Waals surface area contributed by atoms with Crippen LogP contribution in [0.3, 0.4) is 0 Å². The van der Waals surface area contributed by atoms with Crippen molar-refractivity contribution in [3.63, 3.8) is 0 Å². The predicted molar refractivity (Wildman–Crippen MR) is 120 cm³/mol. The number of aliphatic imine (C=N–C) groups is 2. The van der Waals surface area contributed by atoms with Crippen LogP contribution >= 0.6 is 0 Å². The summed E-state index contributed by atoms with van der Waals surface area (Å²) >= 11 is 0. The quantitative estimate of drug-likeness (QED) is 0.401. The lowest BCUT2D eigenvalue weighted by atomic mass is 10.1. The minimum Gasteiger partial charge on any atom is -0.496 e. The molecule has 0 radical (unpaired) electrons. The summed E-state index contributed by atoms with van der Waals surface area (Å²) in [5.41, 5.74) is 5.88. The molecule has 0 saturated heterocycles. The zero-order valence-electron chi connectivity index (χ0n) is 18.0. The van der Waals surface area contributed by atoms with Crippen LogP contribution < -0.4 is 18.9 Å². The molecule has 0 fully saturated rings. The number of hydrogen-bond acceptors (Lipinski definition) is 6. The van der Waals surface area contributed by atoms with E-state index in [1.807, 2.05) is 19.1 Å². The maximum Gasteiger partial charge on any atom is 0.146 e. The summed E-state index contributed by atoms with van der Waals surface area (Å²) < 4.78 is 21.6. The second-order valence-corrected chi connectivity index (χ2v) is 5.92. The Morgan fingerprint density at radius 1 is 0.833 bits per heavy atom. The van der Waals surface area contributed by atoms with Gasteiger partial charge in [-0.05, 0) is 43.2 Å². The molecule has 6 heteroatoms. The van der Waals surface area contributed by atoms with E-state index in [-0.39, 0.29) is 0 Å². The molecule has 2 aromatic rings. The van der Waals surface area contributed by atoms with Gasteiger partial charge in [0.15, 0.2) is 0 Å². The van der Waals surface area contributed by atoms with Gasteiger partial charge in [-0.1, -0.05) is 0 Å². The third kappa shape index (κ3) is 5.56. The van der Waals surface area contributed by atoms with E-state index in [0.29, 0.717) is 28.5 Å². The predicted octanol–water partition coefficient (Wildman–Crippen LogP) is 4.60. The first kappa shape index (κ1) is 22.4. The Labute approximate surface area is 177 Å². The number of benzene rings is 2. The summed E-state index contributed by atoms with van der Waals surface area (Å²) in [5, 5.41) is 0. The van der Waals surface area contributed by atoms with E-state index < -0.39 is 0 Å². The molecule has 0 heterocycles. The second kappa shape index (κ2) is 11.2. The molecule has 6 nitrogen and oxygen atoms in total. The van der Waals surface area contributed by atoms with E-state index in [0.717, 1.165) is 16.9 Å². The van der Waals surface area contributed by atoms with E-state index in [4.69, 9.17) is 18.9 Å². The lowest BCUT2D eigenvalue weighted by Crippen LogP contribution is -1.92. The van der Waals surface area contributed by atoms with E-state index in [1.54, 1.807) is 59.8 Å². The Bertz CT molecular complexity index is 1090. The van der Waals surface area contributed by atoms with Crippen molar-refractivity contribution >= 4 is 23.8 Å². The molecule has 2 rings (SSSR count).